The summed E-state index contributed by atoms with van der Waals surface area (Å²) in [6.45, 7) is 0.106. The Kier molecular flexibility index (Phi) is 6.67. The van der Waals surface area contributed by atoms with E-state index in [2.05, 4.69) is 11.8 Å². The van der Waals surface area contributed by atoms with Crippen molar-refractivity contribution in [1.29, 1.82) is 0 Å². The van der Waals surface area contributed by atoms with Crippen LogP contribution >= 0.6 is 35.6 Å². The van der Waals surface area contributed by atoms with Crippen LogP contribution in [0.3, 0.4) is 0 Å². The highest BCUT2D eigenvalue weighted by Crippen LogP contribution is 2.49. The first-order valence-corrected chi connectivity index (χ1v) is 12.9. The Morgan fingerprint density at radius 3 is 2.79 bits per heavy atom. The van der Waals surface area contributed by atoms with Gasteiger partial charge in [-0.05, 0) is 61.8 Å². The van der Waals surface area contributed by atoms with Gasteiger partial charge in [-0.25, -0.2) is 0 Å². The van der Waals surface area contributed by atoms with E-state index in [9.17, 15) is 4.79 Å². The Morgan fingerprint density at radius 1 is 1.27 bits per heavy atom. The van der Waals surface area contributed by atoms with Gasteiger partial charge in [-0.15, -0.1) is 0 Å². The zero-order valence-corrected chi connectivity index (χ0v) is 20.4. The Hall–Kier alpha value is -2.04. The molecule has 3 atom stereocenters. The lowest BCUT2D eigenvalue weighted by molar-refractivity contribution is -0.124. The van der Waals surface area contributed by atoms with Crippen LogP contribution in [-0.4, -0.2) is 32.9 Å². The maximum absolute atomic E-state index is 13.3. The highest BCUT2D eigenvalue weighted by atomic mass is 35.5. The maximum Gasteiger partial charge on any atom is 0.266 e. The van der Waals surface area contributed by atoms with Crippen molar-refractivity contribution in [2.45, 2.75) is 44.6 Å². The van der Waals surface area contributed by atoms with Gasteiger partial charge in [0.05, 0.1) is 10.5 Å². The number of hydrogen-bond donors (Lipinski definition) is 1. The van der Waals surface area contributed by atoms with Crippen LogP contribution in [0.5, 0.6) is 0 Å². The average molecular weight is 498 g/mol. The molecule has 4 nitrogen and oxygen atoms in total. The van der Waals surface area contributed by atoms with Gasteiger partial charge in [0, 0.05) is 41.8 Å². The number of aliphatic hydroxyl groups is 1. The van der Waals surface area contributed by atoms with Crippen LogP contribution in [0.4, 0.5) is 0 Å². The van der Waals surface area contributed by atoms with Gasteiger partial charge in [-0.1, -0.05) is 53.8 Å². The molecule has 5 rings (SSSR count). The van der Waals surface area contributed by atoms with Crippen molar-refractivity contribution in [1.82, 2.24) is 4.90 Å². The summed E-state index contributed by atoms with van der Waals surface area (Å²) in [7, 11) is 0. The molecule has 2 aliphatic carbocycles. The first kappa shape index (κ1) is 22.7. The Morgan fingerprint density at radius 2 is 2.09 bits per heavy atom. The summed E-state index contributed by atoms with van der Waals surface area (Å²) in [5.74, 6) is 8.73. The maximum atomic E-state index is 13.3. The zero-order valence-electron chi connectivity index (χ0n) is 18.1. The molecule has 1 aliphatic heterocycles. The molecule has 2 heterocycles. The first-order valence-electron chi connectivity index (χ1n) is 11.3. The van der Waals surface area contributed by atoms with E-state index in [1.807, 2.05) is 35.2 Å². The molecule has 2 saturated carbocycles. The second-order valence-electron chi connectivity index (χ2n) is 8.82. The lowest BCUT2D eigenvalue weighted by Crippen LogP contribution is -2.41. The molecule has 0 spiro atoms. The van der Waals surface area contributed by atoms with Gasteiger partial charge in [0.15, 0.2) is 0 Å². The largest absolute Gasteiger partial charge is 0.455 e. The summed E-state index contributed by atoms with van der Waals surface area (Å²) in [5.41, 5.74) is 1.59. The van der Waals surface area contributed by atoms with E-state index < -0.39 is 0 Å². The molecule has 1 amide bonds. The number of hydrogen-bond acceptors (Lipinski definition) is 5. The number of nitrogens with zero attached hydrogens (tertiary/aromatic N) is 1. The SMILES string of the molecule is O=C1/C(=C/c2oc(-c3ccc(Cl)cc3)cc2C#CCCCO)SC(=S)N1C1CC2CCC1C2. The van der Waals surface area contributed by atoms with E-state index in [0.717, 1.165) is 17.9 Å². The Labute approximate surface area is 208 Å². The molecule has 1 saturated heterocycles. The standard InChI is InChI=1S/C26H24ClNO3S2/c27-20-9-7-17(8-10-20)22-14-19(4-2-1-3-11-29)23(31-22)15-24-25(30)28(26(32)33-24)21-13-16-5-6-18(21)12-16/h7-10,14-16,18,21,29H,1,3,5-6,11-13H2/b24-15-. The molecule has 3 fully saturated rings. The number of thiocarbonyl (C=S) groups is 1. The van der Waals surface area contributed by atoms with Crippen molar-refractivity contribution in [3.8, 4) is 23.2 Å². The molecule has 33 heavy (non-hydrogen) atoms. The number of amides is 1. The highest BCUT2D eigenvalue weighted by Gasteiger charge is 2.48. The van der Waals surface area contributed by atoms with E-state index in [4.69, 9.17) is 33.3 Å². The summed E-state index contributed by atoms with van der Waals surface area (Å²) >= 11 is 13.0. The van der Waals surface area contributed by atoms with Gasteiger partial charge in [0.25, 0.3) is 5.91 Å². The topological polar surface area (TPSA) is 53.7 Å². The first-order chi connectivity index (χ1) is 16.0. The van der Waals surface area contributed by atoms with Crippen molar-refractivity contribution >= 4 is 51.9 Å². The molecule has 0 radical (unpaired) electrons. The molecule has 3 aliphatic rings. The number of halogens is 1. The Bertz CT molecular complexity index is 1170. The molecule has 170 valence electrons. The van der Waals surface area contributed by atoms with E-state index in [1.165, 1.54) is 31.0 Å². The molecular weight excluding hydrogens is 474 g/mol. The summed E-state index contributed by atoms with van der Waals surface area (Å²) < 4.78 is 6.80. The van der Waals surface area contributed by atoms with Gasteiger partial charge in [0.2, 0.25) is 0 Å². The number of thioether (sulfide) groups is 1. The number of furan rings is 1. The second kappa shape index (κ2) is 9.68. The number of aliphatic hydroxyl groups excluding tert-OH is 1. The van der Waals surface area contributed by atoms with E-state index in [1.54, 1.807) is 6.08 Å². The monoisotopic (exact) mass is 497 g/mol. The van der Waals surface area contributed by atoms with E-state index >= 15 is 0 Å². The fourth-order valence-corrected chi connectivity index (χ4v) is 6.57. The molecule has 2 aromatic rings. The van der Waals surface area contributed by atoms with Crippen molar-refractivity contribution < 1.29 is 14.3 Å². The molecule has 7 heteroatoms. The van der Waals surface area contributed by atoms with Crippen molar-refractivity contribution in [2.75, 3.05) is 6.61 Å². The smallest absolute Gasteiger partial charge is 0.266 e. The third-order valence-electron chi connectivity index (χ3n) is 6.69. The van der Waals surface area contributed by atoms with Crippen LogP contribution < -0.4 is 0 Å². The third-order valence-corrected chi connectivity index (χ3v) is 8.27. The van der Waals surface area contributed by atoms with Gasteiger partial charge >= 0.3 is 0 Å². The minimum atomic E-state index is -0.0221. The number of rotatable bonds is 5. The quantitative estimate of drug-likeness (QED) is 0.233. The molecule has 2 bridgehead atoms. The second-order valence-corrected chi connectivity index (χ2v) is 10.9. The minimum absolute atomic E-state index is 0.0221. The molecule has 3 unspecified atom stereocenters. The molecular formula is C26H24ClNO3S2. The number of unbranched alkanes of at least 4 members (excludes halogenated alkanes) is 1. The van der Waals surface area contributed by atoms with E-state index in [0.29, 0.717) is 50.1 Å². The third kappa shape index (κ3) is 4.65. The lowest BCUT2D eigenvalue weighted by atomic mass is 9.94. The molecule has 1 N–H and O–H groups in total. The highest BCUT2D eigenvalue weighted by molar-refractivity contribution is 8.26. The van der Waals surface area contributed by atoms with Crippen LogP contribution in [-0.2, 0) is 4.79 Å². The summed E-state index contributed by atoms with van der Waals surface area (Å²) in [5, 5.41) is 9.68. The van der Waals surface area contributed by atoms with Crippen LogP contribution in [0.15, 0.2) is 39.7 Å². The number of carbonyl (C=O) groups excluding carboxylic acids is 1. The fourth-order valence-electron chi connectivity index (χ4n) is 5.10. The van der Waals surface area contributed by atoms with Gasteiger partial charge in [-0.2, -0.15) is 0 Å². The lowest BCUT2D eigenvalue weighted by Gasteiger charge is -2.30. The molecule has 1 aromatic heterocycles. The summed E-state index contributed by atoms with van der Waals surface area (Å²) in [6.07, 6.45) is 7.74. The fraction of sp³-hybridized carbons (Fsp3) is 0.385. The van der Waals surface area contributed by atoms with Gasteiger partial charge in [-0.3, -0.25) is 9.69 Å². The van der Waals surface area contributed by atoms with Crippen LogP contribution in [0, 0.1) is 23.7 Å². The van der Waals surface area contributed by atoms with Crippen molar-refractivity contribution in [3.05, 3.63) is 51.6 Å². The van der Waals surface area contributed by atoms with Crippen LogP contribution in [0.1, 0.15) is 49.8 Å². The van der Waals surface area contributed by atoms with Crippen LogP contribution in [0.25, 0.3) is 17.4 Å². The normalized spacial score (nSPS) is 25.2. The predicted octanol–water partition coefficient (Wildman–Crippen LogP) is 6.11. The number of benzene rings is 1. The van der Waals surface area contributed by atoms with Gasteiger partial charge < -0.3 is 9.52 Å². The predicted molar refractivity (Wildman–Crippen MR) is 137 cm³/mol. The summed E-state index contributed by atoms with van der Waals surface area (Å²) in [4.78, 5) is 15.8. The molecule has 1 aromatic carbocycles. The zero-order chi connectivity index (χ0) is 22.9. The van der Waals surface area contributed by atoms with Crippen molar-refractivity contribution in [3.63, 3.8) is 0 Å². The minimum Gasteiger partial charge on any atom is -0.455 e. The van der Waals surface area contributed by atoms with Gasteiger partial charge in [0.1, 0.15) is 15.8 Å². The summed E-state index contributed by atoms with van der Waals surface area (Å²) in [6, 6.07) is 9.53. The van der Waals surface area contributed by atoms with E-state index in [-0.39, 0.29) is 18.6 Å². The van der Waals surface area contributed by atoms with Crippen molar-refractivity contribution in [2.24, 2.45) is 11.8 Å². The Balaban J connectivity index is 1.45. The average Bonchev–Trinajstić information content (AvgIpc) is 3.57. The number of fused-ring (bicyclic) bond motifs is 2. The van der Waals surface area contributed by atoms with Crippen LogP contribution in [0.2, 0.25) is 5.02 Å². The number of carbonyl (C=O) groups is 1.